The molecule has 20 heavy (non-hydrogen) atoms. The number of nitrogens with two attached hydrogens (primary N) is 1. The van der Waals surface area contributed by atoms with Crippen LogP contribution in [0, 0.1) is 0 Å². The number of hydrogen-bond acceptors (Lipinski definition) is 4. The molecule has 6 nitrogen and oxygen atoms in total. The van der Waals surface area contributed by atoms with Gasteiger partial charge in [-0.2, -0.15) is 0 Å². The Kier molecular flexibility index (Phi) is 3.76. The Balaban J connectivity index is 1.75. The van der Waals surface area contributed by atoms with Gasteiger partial charge in [0.2, 0.25) is 0 Å². The summed E-state index contributed by atoms with van der Waals surface area (Å²) in [5.41, 5.74) is 10.9. The van der Waals surface area contributed by atoms with Crippen LogP contribution in [-0.2, 0) is 4.74 Å². The number of halogens is 1. The number of carbonyl (C=O) groups is 1. The van der Waals surface area contributed by atoms with Crippen LogP contribution in [0.5, 0.6) is 0 Å². The first kappa shape index (κ1) is 13.6. The van der Waals surface area contributed by atoms with Gasteiger partial charge in [-0.3, -0.25) is 10.4 Å². The molecule has 0 radical (unpaired) electrons. The van der Waals surface area contributed by atoms with E-state index in [1.165, 1.54) is 0 Å². The van der Waals surface area contributed by atoms with Crippen molar-refractivity contribution in [2.75, 3.05) is 26.3 Å². The average molecular weight is 299 g/mol. The molecule has 3 aliphatic rings. The standard InChI is InChI=1S/C13H19ClN4O2/c14-12-7-9-1-4-17(13(15)19)8-11(9)16-18(12)10-2-5-20-6-3-10/h7,10,16H,1-6,8H2,(H2,15,19). The van der Waals surface area contributed by atoms with Gasteiger partial charge in [0.05, 0.1) is 18.3 Å². The average Bonchev–Trinajstić information content (AvgIpc) is 2.47. The Morgan fingerprint density at radius 1 is 1.45 bits per heavy atom. The van der Waals surface area contributed by atoms with Crippen molar-refractivity contribution >= 4 is 17.6 Å². The molecule has 0 aromatic carbocycles. The van der Waals surface area contributed by atoms with E-state index in [0.717, 1.165) is 43.7 Å². The number of hydrogen-bond donors (Lipinski definition) is 2. The molecule has 0 atom stereocenters. The lowest BCUT2D eigenvalue weighted by atomic mass is 10.0. The normalized spacial score (nSPS) is 24.1. The highest BCUT2D eigenvalue weighted by molar-refractivity contribution is 6.29. The first-order valence-electron chi connectivity index (χ1n) is 6.92. The zero-order valence-electron chi connectivity index (χ0n) is 11.3. The Bertz CT molecular complexity index is 471. The predicted octanol–water partition coefficient (Wildman–Crippen LogP) is 1.10. The van der Waals surface area contributed by atoms with Crippen molar-refractivity contribution in [2.24, 2.45) is 5.73 Å². The second-order valence-electron chi connectivity index (χ2n) is 5.31. The van der Waals surface area contributed by atoms with Gasteiger partial charge in [-0.1, -0.05) is 11.6 Å². The zero-order chi connectivity index (χ0) is 14.1. The minimum Gasteiger partial charge on any atom is -0.381 e. The van der Waals surface area contributed by atoms with Crippen molar-refractivity contribution in [1.29, 1.82) is 0 Å². The van der Waals surface area contributed by atoms with E-state index in [1.54, 1.807) is 4.90 Å². The van der Waals surface area contributed by atoms with Crippen molar-refractivity contribution < 1.29 is 9.53 Å². The van der Waals surface area contributed by atoms with Gasteiger partial charge in [-0.05, 0) is 30.9 Å². The summed E-state index contributed by atoms with van der Waals surface area (Å²) in [6, 6.07) is -0.0536. The summed E-state index contributed by atoms with van der Waals surface area (Å²) in [5.74, 6) is 0. The van der Waals surface area contributed by atoms with E-state index in [9.17, 15) is 4.79 Å². The first-order chi connectivity index (χ1) is 9.65. The van der Waals surface area contributed by atoms with Crippen molar-refractivity contribution in [1.82, 2.24) is 15.3 Å². The predicted molar refractivity (Wildman–Crippen MR) is 75.6 cm³/mol. The largest absolute Gasteiger partial charge is 0.381 e. The van der Waals surface area contributed by atoms with Crippen LogP contribution in [0.25, 0.3) is 0 Å². The number of urea groups is 1. The molecular formula is C13H19ClN4O2. The summed E-state index contributed by atoms with van der Waals surface area (Å²) >= 11 is 6.38. The van der Waals surface area contributed by atoms with Gasteiger partial charge >= 0.3 is 6.03 Å². The van der Waals surface area contributed by atoms with Crippen LogP contribution in [0.4, 0.5) is 4.79 Å². The second-order valence-corrected chi connectivity index (χ2v) is 5.69. The quantitative estimate of drug-likeness (QED) is 0.711. The number of amides is 2. The fourth-order valence-corrected chi connectivity index (χ4v) is 3.17. The molecule has 0 saturated carbocycles. The third-order valence-corrected chi connectivity index (χ3v) is 4.33. The molecule has 2 amide bonds. The Morgan fingerprint density at radius 2 is 2.20 bits per heavy atom. The minimum absolute atomic E-state index is 0.325. The maximum atomic E-state index is 11.3. The van der Waals surface area contributed by atoms with Gasteiger partial charge in [0.15, 0.2) is 0 Å². The SMILES string of the molecule is NC(=O)N1CCC2=C(C1)NN(C1CCOCC1)C(Cl)=C2. The molecule has 0 aliphatic carbocycles. The Morgan fingerprint density at radius 3 is 2.90 bits per heavy atom. The molecule has 3 heterocycles. The van der Waals surface area contributed by atoms with Crippen LogP contribution in [0.1, 0.15) is 19.3 Å². The maximum Gasteiger partial charge on any atom is 0.315 e. The number of allylic oxidation sites excluding steroid dienone is 1. The molecule has 0 aromatic rings. The van der Waals surface area contributed by atoms with Crippen LogP contribution in [0.3, 0.4) is 0 Å². The lowest BCUT2D eigenvalue weighted by Gasteiger charge is -2.41. The molecule has 0 spiro atoms. The molecule has 1 saturated heterocycles. The van der Waals surface area contributed by atoms with E-state index in [4.69, 9.17) is 22.1 Å². The topological polar surface area (TPSA) is 70.8 Å². The first-order valence-corrected chi connectivity index (χ1v) is 7.30. The fourth-order valence-electron chi connectivity index (χ4n) is 2.85. The van der Waals surface area contributed by atoms with Crippen LogP contribution in [-0.4, -0.2) is 48.3 Å². The summed E-state index contributed by atoms with van der Waals surface area (Å²) in [7, 11) is 0. The maximum absolute atomic E-state index is 11.3. The van der Waals surface area contributed by atoms with E-state index in [0.29, 0.717) is 24.3 Å². The monoisotopic (exact) mass is 298 g/mol. The molecule has 3 aliphatic heterocycles. The summed E-state index contributed by atoms with van der Waals surface area (Å²) in [4.78, 5) is 12.9. The third-order valence-electron chi connectivity index (χ3n) is 4.03. The highest BCUT2D eigenvalue weighted by Gasteiger charge is 2.30. The summed E-state index contributed by atoms with van der Waals surface area (Å²) in [5, 5.41) is 2.70. The summed E-state index contributed by atoms with van der Waals surface area (Å²) in [6.45, 7) is 2.68. The molecule has 3 N–H and O–H groups in total. The number of nitrogens with one attached hydrogen (secondary N) is 1. The number of ether oxygens (including phenoxy) is 1. The molecular weight excluding hydrogens is 280 g/mol. The fraction of sp³-hybridized carbons (Fsp3) is 0.615. The number of rotatable bonds is 1. The smallest absolute Gasteiger partial charge is 0.315 e. The number of nitrogens with zero attached hydrogens (tertiary/aromatic N) is 2. The van der Waals surface area contributed by atoms with Gasteiger partial charge in [0, 0.05) is 19.8 Å². The zero-order valence-corrected chi connectivity index (χ0v) is 12.0. The van der Waals surface area contributed by atoms with Gasteiger partial charge in [-0.25, -0.2) is 4.79 Å². The van der Waals surface area contributed by atoms with E-state index in [2.05, 4.69) is 5.43 Å². The summed E-state index contributed by atoms with van der Waals surface area (Å²) in [6.07, 6.45) is 4.67. The van der Waals surface area contributed by atoms with Crippen molar-refractivity contribution in [3.8, 4) is 0 Å². The van der Waals surface area contributed by atoms with Gasteiger partial charge in [0.1, 0.15) is 5.16 Å². The van der Waals surface area contributed by atoms with E-state index in [-0.39, 0.29) is 6.03 Å². The third kappa shape index (κ3) is 2.58. The van der Waals surface area contributed by atoms with Gasteiger partial charge in [-0.15, -0.1) is 0 Å². The van der Waals surface area contributed by atoms with Crippen LogP contribution in [0.15, 0.2) is 22.5 Å². The molecule has 0 aromatic heterocycles. The Labute approximate surface area is 123 Å². The van der Waals surface area contributed by atoms with E-state index in [1.807, 2.05) is 11.1 Å². The Hall–Kier alpha value is -1.40. The number of carbonyl (C=O) groups excluding carboxylic acids is 1. The lowest BCUT2D eigenvalue weighted by molar-refractivity contribution is 0.0343. The highest BCUT2D eigenvalue weighted by Crippen LogP contribution is 2.29. The van der Waals surface area contributed by atoms with Crippen LogP contribution in [0.2, 0.25) is 0 Å². The molecule has 0 unspecified atom stereocenters. The van der Waals surface area contributed by atoms with Crippen LogP contribution >= 0.6 is 11.6 Å². The second kappa shape index (κ2) is 5.54. The summed E-state index contributed by atoms with van der Waals surface area (Å²) < 4.78 is 5.38. The van der Waals surface area contributed by atoms with Gasteiger partial charge < -0.3 is 15.4 Å². The lowest BCUT2D eigenvalue weighted by Crippen LogP contribution is -2.52. The minimum atomic E-state index is -0.378. The van der Waals surface area contributed by atoms with Crippen molar-refractivity contribution in [3.63, 3.8) is 0 Å². The highest BCUT2D eigenvalue weighted by atomic mass is 35.5. The molecule has 1 fully saturated rings. The van der Waals surface area contributed by atoms with Gasteiger partial charge in [0.25, 0.3) is 0 Å². The number of hydrazine groups is 1. The molecule has 7 heteroatoms. The molecule has 3 rings (SSSR count). The van der Waals surface area contributed by atoms with E-state index < -0.39 is 0 Å². The molecule has 0 bridgehead atoms. The van der Waals surface area contributed by atoms with Crippen LogP contribution < -0.4 is 11.2 Å². The van der Waals surface area contributed by atoms with Crippen molar-refractivity contribution in [3.05, 3.63) is 22.5 Å². The molecule has 110 valence electrons. The van der Waals surface area contributed by atoms with Crippen molar-refractivity contribution in [2.45, 2.75) is 25.3 Å². The van der Waals surface area contributed by atoms with E-state index >= 15 is 0 Å². The number of primary amides is 1.